The number of carbonyl (C=O) groups is 2. The lowest BCUT2D eigenvalue weighted by atomic mass is 10.4. The van der Waals surface area contributed by atoms with Gasteiger partial charge in [-0.05, 0) is 31.8 Å². The summed E-state index contributed by atoms with van der Waals surface area (Å²) in [4.78, 5) is 22.6. The molecule has 0 heterocycles. The van der Waals surface area contributed by atoms with Gasteiger partial charge in [0.05, 0.1) is 13.2 Å². The topological polar surface area (TPSA) is 105 Å². The fourth-order valence-electron chi connectivity index (χ4n) is 1.32. The molecule has 0 saturated heterocycles. The van der Waals surface area contributed by atoms with Crippen LogP contribution in [0.1, 0.15) is 20.3 Å². The molecule has 0 rings (SSSR count). The van der Waals surface area contributed by atoms with E-state index in [1.54, 1.807) is 37.4 Å². The smallest absolute Gasteiger partial charge is 0.323 e. The van der Waals surface area contributed by atoms with Crippen LogP contribution in [0.15, 0.2) is 0 Å². The van der Waals surface area contributed by atoms with E-state index in [1.165, 1.54) is 0 Å². The van der Waals surface area contributed by atoms with Crippen molar-refractivity contribution in [3.63, 3.8) is 0 Å². The van der Waals surface area contributed by atoms with Gasteiger partial charge in [-0.25, -0.2) is 0 Å². The Balaban J connectivity index is 3.48. The molecule has 0 aromatic rings. The van der Waals surface area contributed by atoms with Gasteiger partial charge in [-0.1, -0.05) is 0 Å². The minimum atomic E-state index is -0.556. The maximum Gasteiger partial charge on any atom is 0.323 e. The molecule has 0 aliphatic rings. The summed E-state index contributed by atoms with van der Waals surface area (Å²) in [6.45, 7) is 4.23. The molecule has 0 radical (unpaired) electrons. The van der Waals surface area contributed by atoms with Crippen molar-refractivity contribution in [3.8, 4) is 0 Å². The Morgan fingerprint density at radius 2 is 1.29 bits per heavy atom. The predicted octanol–water partition coefficient (Wildman–Crippen LogP) is 0.624. The second kappa shape index (κ2) is 13.2. The van der Waals surface area contributed by atoms with Gasteiger partial charge in [-0.3, -0.25) is 9.59 Å². The average Bonchev–Trinajstić information content (AvgIpc) is 2.46. The van der Waals surface area contributed by atoms with Crippen LogP contribution >= 0.6 is 23.5 Å². The molecule has 0 aliphatic heterocycles. The molecule has 21 heavy (non-hydrogen) atoms. The van der Waals surface area contributed by atoms with E-state index in [0.717, 1.165) is 17.9 Å². The first-order valence-electron chi connectivity index (χ1n) is 7.02. The van der Waals surface area contributed by atoms with E-state index in [9.17, 15) is 9.59 Å². The van der Waals surface area contributed by atoms with Crippen LogP contribution in [0, 0.1) is 0 Å². The van der Waals surface area contributed by atoms with Crippen LogP contribution in [0.2, 0.25) is 0 Å². The lowest BCUT2D eigenvalue weighted by Gasteiger charge is -2.11. The number of carbonyl (C=O) groups excluding carboxylic acids is 2. The van der Waals surface area contributed by atoms with Crippen molar-refractivity contribution in [2.24, 2.45) is 11.5 Å². The molecule has 2 atom stereocenters. The summed E-state index contributed by atoms with van der Waals surface area (Å²) in [5, 5.41) is 0. The highest BCUT2D eigenvalue weighted by Crippen LogP contribution is 2.10. The van der Waals surface area contributed by atoms with Gasteiger partial charge < -0.3 is 20.9 Å². The molecule has 0 amide bonds. The quantitative estimate of drug-likeness (QED) is 0.394. The third-order valence-corrected chi connectivity index (χ3v) is 4.70. The molecule has 0 aromatic carbocycles. The van der Waals surface area contributed by atoms with Gasteiger partial charge in [0.25, 0.3) is 0 Å². The molecule has 6 nitrogen and oxygen atoms in total. The first kappa shape index (κ1) is 20.6. The van der Waals surface area contributed by atoms with Gasteiger partial charge in [0, 0.05) is 11.5 Å². The maximum absolute atomic E-state index is 11.3. The van der Waals surface area contributed by atoms with Gasteiger partial charge in [0.2, 0.25) is 0 Å². The highest BCUT2D eigenvalue weighted by molar-refractivity contribution is 8.00. The molecule has 0 aliphatic carbocycles. The summed E-state index contributed by atoms with van der Waals surface area (Å²) in [6, 6.07) is -1.11. The Morgan fingerprint density at radius 1 is 0.905 bits per heavy atom. The summed E-state index contributed by atoms with van der Waals surface area (Å²) in [6.07, 6.45) is 0.973. The Morgan fingerprint density at radius 3 is 1.62 bits per heavy atom. The monoisotopic (exact) mass is 338 g/mol. The fraction of sp³-hybridized carbons (Fsp3) is 0.846. The van der Waals surface area contributed by atoms with Gasteiger partial charge in [0.1, 0.15) is 12.1 Å². The zero-order valence-corrected chi connectivity index (χ0v) is 14.3. The van der Waals surface area contributed by atoms with Crippen LogP contribution in [0.25, 0.3) is 0 Å². The number of ether oxygens (including phenoxy) is 2. The van der Waals surface area contributed by atoms with Crippen molar-refractivity contribution in [3.05, 3.63) is 0 Å². The second-order valence-electron chi connectivity index (χ2n) is 4.22. The standard InChI is InChI=1S/C13H26N2O4S2/c1-3-18-12(16)10(14)8-20-6-5-7-21-9-11(15)13(17)19-4-2/h10-11H,3-9,14-15H2,1-2H3/t10-,11-/m0/s1. The molecule has 0 spiro atoms. The number of nitrogens with two attached hydrogens (primary N) is 2. The third kappa shape index (κ3) is 10.9. The number of hydrogen-bond donors (Lipinski definition) is 2. The van der Waals surface area contributed by atoms with Crippen molar-refractivity contribution in [2.75, 3.05) is 36.2 Å². The molecule has 4 N–H and O–H groups in total. The molecular formula is C13H26N2O4S2. The summed E-state index contributed by atoms with van der Waals surface area (Å²) in [5.74, 6) is 2.25. The van der Waals surface area contributed by atoms with E-state index in [0.29, 0.717) is 24.7 Å². The summed E-state index contributed by atoms with van der Waals surface area (Å²) < 4.78 is 9.66. The highest BCUT2D eigenvalue weighted by atomic mass is 32.2. The highest BCUT2D eigenvalue weighted by Gasteiger charge is 2.15. The number of thioether (sulfide) groups is 2. The number of hydrogen-bond acceptors (Lipinski definition) is 8. The van der Waals surface area contributed by atoms with Gasteiger partial charge >= 0.3 is 11.9 Å². The largest absolute Gasteiger partial charge is 0.465 e. The van der Waals surface area contributed by atoms with Crippen molar-refractivity contribution in [2.45, 2.75) is 32.4 Å². The van der Waals surface area contributed by atoms with Gasteiger partial charge in [-0.2, -0.15) is 23.5 Å². The van der Waals surface area contributed by atoms with Crippen LogP contribution in [0.3, 0.4) is 0 Å². The zero-order chi connectivity index (χ0) is 16.1. The van der Waals surface area contributed by atoms with Crippen molar-refractivity contribution in [1.29, 1.82) is 0 Å². The average molecular weight is 338 g/mol. The van der Waals surface area contributed by atoms with E-state index in [1.807, 2.05) is 0 Å². The zero-order valence-electron chi connectivity index (χ0n) is 12.7. The van der Waals surface area contributed by atoms with E-state index in [2.05, 4.69) is 0 Å². The van der Waals surface area contributed by atoms with E-state index in [-0.39, 0.29) is 11.9 Å². The number of esters is 2. The lowest BCUT2D eigenvalue weighted by Crippen LogP contribution is -2.34. The Bertz CT molecular complexity index is 278. The Hall–Kier alpha value is -0.440. The Labute approximate surface area is 135 Å². The summed E-state index contributed by atoms with van der Waals surface area (Å²) >= 11 is 3.25. The molecular weight excluding hydrogens is 312 g/mol. The minimum Gasteiger partial charge on any atom is -0.465 e. The summed E-state index contributed by atoms with van der Waals surface area (Å²) in [5.41, 5.74) is 11.4. The van der Waals surface area contributed by atoms with E-state index < -0.39 is 12.1 Å². The molecule has 0 unspecified atom stereocenters. The minimum absolute atomic E-state index is 0.347. The molecule has 0 saturated carbocycles. The van der Waals surface area contributed by atoms with Crippen molar-refractivity contribution >= 4 is 35.5 Å². The number of rotatable bonds is 12. The fourth-order valence-corrected chi connectivity index (χ4v) is 3.31. The van der Waals surface area contributed by atoms with E-state index >= 15 is 0 Å². The third-order valence-electron chi connectivity index (χ3n) is 2.35. The van der Waals surface area contributed by atoms with Gasteiger partial charge in [-0.15, -0.1) is 0 Å². The summed E-state index contributed by atoms with van der Waals surface area (Å²) in [7, 11) is 0. The van der Waals surface area contributed by atoms with Crippen molar-refractivity contribution in [1.82, 2.24) is 0 Å². The van der Waals surface area contributed by atoms with Crippen LogP contribution in [0.4, 0.5) is 0 Å². The normalized spacial score (nSPS) is 13.5. The predicted molar refractivity (Wildman–Crippen MR) is 88.5 cm³/mol. The molecule has 0 bridgehead atoms. The molecule has 0 aromatic heterocycles. The molecule has 0 fully saturated rings. The first-order valence-corrected chi connectivity index (χ1v) is 9.33. The molecule has 124 valence electrons. The second-order valence-corrected chi connectivity index (χ2v) is 6.52. The lowest BCUT2D eigenvalue weighted by molar-refractivity contribution is -0.144. The Kier molecular flexibility index (Phi) is 13.0. The maximum atomic E-state index is 11.3. The SMILES string of the molecule is CCOC(=O)[C@@H](N)CSCCCSC[C@H](N)C(=O)OCC. The van der Waals surface area contributed by atoms with Crippen LogP contribution in [0.5, 0.6) is 0 Å². The van der Waals surface area contributed by atoms with Crippen LogP contribution < -0.4 is 11.5 Å². The van der Waals surface area contributed by atoms with Crippen molar-refractivity contribution < 1.29 is 19.1 Å². The van der Waals surface area contributed by atoms with Crippen LogP contribution in [-0.4, -0.2) is 60.2 Å². The first-order chi connectivity index (χ1) is 10.0. The van der Waals surface area contributed by atoms with Gasteiger partial charge in [0.15, 0.2) is 0 Å². The van der Waals surface area contributed by atoms with Crippen LogP contribution in [-0.2, 0) is 19.1 Å². The van der Waals surface area contributed by atoms with E-state index in [4.69, 9.17) is 20.9 Å². The molecule has 8 heteroatoms.